The largest absolute Gasteiger partial charge is 0.480 e. The fraction of sp³-hybridized carbons (Fsp3) is 0.200. The van der Waals surface area contributed by atoms with Crippen LogP contribution in [0.4, 0.5) is 5.69 Å². The van der Waals surface area contributed by atoms with Gasteiger partial charge in [0.2, 0.25) is 5.91 Å². The van der Waals surface area contributed by atoms with E-state index in [4.69, 9.17) is 10.8 Å². The number of carbonyl (C=O) groups excluding carboxylic acids is 1. The lowest BCUT2D eigenvalue weighted by Gasteiger charge is -2.06. The highest BCUT2D eigenvalue weighted by Gasteiger charge is 2.05. The molecule has 1 rings (SSSR count). The van der Waals surface area contributed by atoms with Crippen molar-refractivity contribution >= 4 is 17.6 Å². The van der Waals surface area contributed by atoms with Gasteiger partial charge in [-0.2, -0.15) is 0 Å². The molecule has 0 saturated heterocycles. The number of hydrogen-bond donors (Lipinski definition) is 3. The molecular weight excluding hydrogens is 196 g/mol. The number of aryl methyl sites for hydroxylation is 1. The van der Waals surface area contributed by atoms with E-state index in [1.54, 1.807) is 25.1 Å². The number of anilines is 1. The molecule has 0 atom stereocenters. The van der Waals surface area contributed by atoms with Crippen molar-refractivity contribution < 1.29 is 14.7 Å². The minimum Gasteiger partial charge on any atom is -0.480 e. The Morgan fingerprint density at radius 2 is 2.13 bits per heavy atom. The fourth-order valence-corrected chi connectivity index (χ4v) is 1.23. The molecule has 4 N–H and O–H groups in total. The number of carboxylic acid groups (broad SMARTS) is 1. The Morgan fingerprint density at radius 3 is 2.60 bits per heavy atom. The zero-order chi connectivity index (χ0) is 11.4. The summed E-state index contributed by atoms with van der Waals surface area (Å²) in [5.74, 6) is -1.43. The van der Waals surface area contributed by atoms with Crippen molar-refractivity contribution in [2.45, 2.75) is 6.92 Å². The van der Waals surface area contributed by atoms with Gasteiger partial charge in [-0.1, -0.05) is 0 Å². The van der Waals surface area contributed by atoms with E-state index in [0.717, 1.165) is 5.56 Å². The van der Waals surface area contributed by atoms with E-state index >= 15 is 0 Å². The van der Waals surface area contributed by atoms with Crippen molar-refractivity contribution in [2.75, 3.05) is 11.9 Å². The Bertz CT molecular complexity index is 402. The van der Waals surface area contributed by atoms with E-state index in [1.165, 1.54) is 0 Å². The molecule has 0 heterocycles. The first-order valence-electron chi connectivity index (χ1n) is 4.37. The van der Waals surface area contributed by atoms with Crippen LogP contribution in [0.1, 0.15) is 15.9 Å². The summed E-state index contributed by atoms with van der Waals surface area (Å²) in [5, 5.41) is 11.1. The van der Waals surface area contributed by atoms with Crippen LogP contribution >= 0.6 is 0 Å². The van der Waals surface area contributed by atoms with Gasteiger partial charge in [-0.3, -0.25) is 9.59 Å². The Labute approximate surface area is 86.9 Å². The molecule has 0 aliphatic heterocycles. The maximum atomic E-state index is 10.9. The molecule has 0 aromatic heterocycles. The van der Waals surface area contributed by atoms with Gasteiger partial charge in [0.1, 0.15) is 6.54 Å². The highest BCUT2D eigenvalue weighted by Crippen LogP contribution is 2.14. The Hall–Kier alpha value is -2.04. The average Bonchev–Trinajstić information content (AvgIpc) is 2.14. The Kier molecular flexibility index (Phi) is 3.28. The van der Waals surface area contributed by atoms with Crippen LogP contribution in [-0.4, -0.2) is 23.5 Å². The second kappa shape index (κ2) is 4.45. The topological polar surface area (TPSA) is 92.4 Å². The molecule has 1 aromatic carbocycles. The zero-order valence-corrected chi connectivity index (χ0v) is 8.28. The number of carbonyl (C=O) groups is 2. The van der Waals surface area contributed by atoms with Crippen LogP contribution in [0.25, 0.3) is 0 Å². The van der Waals surface area contributed by atoms with Crippen LogP contribution in [0.15, 0.2) is 18.2 Å². The normalized spacial score (nSPS) is 9.67. The van der Waals surface area contributed by atoms with E-state index in [-0.39, 0.29) is 6.54 Å². The number of benzene rings is 1. The molecule has 5 nitrogen and oxygen atoms in total. The number of hydrogen-bond acceptors (Lipinski definition) is 3. The molecule has 1 amide bonds. The predicted molar refractivity (Wildman–Crippen MR) is 55.8 cm³/mol. The van der Waals surface area contributed by atoms with Gasteiger partial charge in [-0.25, -0.2) is 0 Å². The van der Waals surface area contributed by atoms with E-state index in [2.05, 4.69) is 5.32 Å². The summed E-state index contributed by atoms with van der Waals surface area (Å²) >= 11 is 0. The number of carboxylic acids is 1. The summed E-state index contributed by atoms with van der Waals surface area (Å²) in [6, 6.07) is 4.88. The van der Waals surface area contributed by atoms with E-state index in [9.17, 15) is 9.59 Å². The van der Waals surface area contributed by atoms with Gasteiger partial charge < -0.3 is 16.2 Å². The van der Waals surface area contributed by atoms with E-state index in [1.807, 2.05) is 0 Å². The summed E-state index contributed by atoms with van der Waals surface area (Å²) in [6.07, 6.45) is 0. The average molecular weight is 208 g/mol. The second-order valence-corrected chi connectivity index (χ2v) is 3.14. The van der Waals surface area contributed by atoms with Crippen LogP contribution in [0.3, 0.4) is 0 Å². The van der Waals surface area contributed by atoms with Crippen molar-refractivity contribution in [3.63, 3.8) is 0 Å². The van der Waals surface area contributed by atoms with Crippen LogP contribution < -0.4 is 11.1 Å². The van der Waals surface area contributed by atoms with Crippen LogP contribution in [0.5, 0.6) is 0 Å². The third kappa shape index (κ3) is 2.98. The highest BCUT2D eigenvalue weighted by atomic mass is 16.4. The molecule has 1 aromatic rings. The fourth-order valence-electron chi connectivity index (χ4n) is 1.23. The molecule has 15 heavy (non-hydrogen) atoms. The molecule has 0 aliphatic carbocycles. The summed E-state index contributed by atoms with van der Waals surface area (Å²) in [7, 11) is 0. The number of aliphatic carboxylic acids is 1. The lowest BCUT2D eigenvalue weighted by molar-refractivity contribution is -0.134. The molecule has 5 heteroatoms. The summed E-state index contributed by atoms with van der Waals surface area (Å²) in [5.41, 5.74) is 6.95. The SMILES string of the molecule is Cc1cc(NCC(=O)O)ccc1C(N)=O. The third-order valence-corrected chi connectivity index (χ3v) is 1.94. The highest BCUT2D eigenvalue weighted by molar-refractivity contribution is 5.94. The summed E-state index contributed by atoms with van der Waals surface area (Å²) in [6.45, 7) is 1.58. The van der Waals surface area contributed by atoms with Gasteiger partial charge in [-0.05, 0) is 30.7 Å². The van der Waals surface area contributed by atoms with Crippen molar-refractivity contribution in [3.05, 3.63) is 29.3 Å². The van der Waals surface area contributed by atoms with Crippen LogP contribution in [0, 0.1) is 6.92 Å². The lowest BCUT2D eigenvalue weighted by atomic mass is 10.1. The maximum Gasteiger partial charge on any atom is 0.322 e. The monoisotopic (exact) mass is 208 g/mol. The number of primary amides is 1. The molecule has 0 spiro atoms. The maximum absolute atomic E-state index is 10.9. The third-order valence-electron chi connectivity index (χ3n) is 1.94. The first kappa shape index (κ1) is 11.0. The molecule has 0 fully saturated rings. The minimum absolute atomic E-state index is 0.157. The predicted octanol–water partition coefficient (Wildman–Crippen LogP) is 0.590. The van der Waals surface area contributed by atoms with E-state index < -0.39 is 11.9 Å². The minimum atomic E-state index is -0.938. The zero-order valence-electron chi connectivity index (χ0n) is 8.28. The molecular formula is C10H12N2O3. The van der Waals surface area contributed by atoms with Gasteiger partial charge in [0.25, 0.3) is 0 Å². The van der Waals surface area contributed by atoms with Gasteiger partial charge in [0.05, 0.1) is 0 Å². The van der Waals surface area contributed by atoms with Gasteiger partial charge in [-0.15, -0.1) is 0 Å². The Morgan fingerprint density at radius 1 is 1.47 bits per heavy atom. The summed E-state index contributed by atoms with van der Waals surface area (Å²) < 4.78 is 0. The van der Waals surface area contributed by atoms with Crippen molar-refractivity contribution in [3.8, 4) is 0 Å². The number of nitrogens with two attached hydrogens (primary N) is 1. The van der Waals surface area contributed by atoms with Crippen molar-refractivity contribution in [1.82, 2.24) is 0 Å². The standard InChI is InChI=1S/C10H12N2O3/c1-6-4-7(12-5-9(13)14)2-3-8(6)10(11)15/h2-4,12H,5H2,1H3,(H2,11,15)(H,13,14). The first-order chi connectivity index (χ1) is 7.00. The van der Waals surface area contributed by atoms with Crippen molar-refractivity contribution in [2.24, 2.45) is 5.73 Å². The van der Waals surface area contributed by atoms with Crippen LogP contribution in [0.2, 0.25) is 0 Å². The number of amides is 1. The van der Waals surface area contributed by atoms with Crippen LogP contribution in [-0.2, 0) is 4.79 Å². The molecule has 0 bridgehead atoms. The van der Waals surface area contributed by atoms with Crippen molar-refractivity contribution in [1.29, 1.82) is 0 Å². The number of rotatable bonds is 4. The second-order valence-electron chi connectivity index (χ2n) is 3.14. The summed E-state index contributed by atoms with van der Waals surface area (Å²) in [4.78, 5) is 21.2. The molecule has 0 unspecified atom stereocenters. The smallest absolute Gasteiger partial charge is 0.322 e. The van der Waals surface area contributed by atoms with Gasteiger partial charge in [0.15, 0.2) is 0 Å². The van der Waals surface area contributed by atoms with E-state index in [0.29, 0.717) is 11.3 Å². The van der Waals surface area contributed by atoms with Gasteiger partial charge >= 0.3 is 5.97 Å². The Balaban J connectivity index is 2.82. The number of nitrogens with one attached hydrogen (secondary N) is 1. The molecule has 0 radical (unpaired) electrons. The molecule has 0 aliphatic rings. The lowest BCUT2D eigenvalue weighted by Crippen LogP contribution is -2.14. The first-order valence-corrected chi connectivity index (χ1v) is 4.37. The van der Waals surface area contributed by atoms with Gasteiger partial charge in [0, 0.05) is 11.3 Å². The quantitative estimate of drug-likeness (QED) is 0.675. The molecule has 0 saturated carbocycles. The molecule has 80 valence electrons.